The first-order valence-corrected chi connectivity index (χ1v) is 12.1. The topological polar surface area (TPSA) is 60.8 Å². The molecule has 6 nitrogen and oxygen atoms in total. The molecular weight excluding hydrogens is 484 g/mol. The van der Waals surface area contributed by atoms with Crippen molar-refractivity contribution in [1.82, 2.24) is 4.57 Å². The first-order chi connectivity index (χ1) is 17.0. The predicted molar refractivity (Wildman–Crippen MR) is 140 cm³/mol. The van der Waals surface area contributed by atoms with Gasteiger partial charge in [0, 0.05) is 27.7 Å². The van der Waals surface area contributed by atoms with Crippen LogP contribution in [-0.4, -0.2) is 29.4 Å². The molecule has 0 saturated carbocycles. The minimum absolute atomic E-state index is 0.350. The molecule has 3 aromatic carbocycles. The van der Waals surface area contributed by atoms with E-state index in [4.69, 9.17) is 21.1 Å². The molecule has 0 spiro atoms. The number of fused-ring (bicyclic) bond motifs is 1. The standard InChI is InChI=1S/C27H21ClN2O4S/c1-33-23-11-4-5-12-24(23)34-14-13-29-17-18(21-9-2-3-10-22(21)29)15-25-26(31)30(27(32)35-25)20-8-6-7-19(28)16-20/h2-12,15-17H,13-14H2,1H3/b25-15-. The van der Waals surface area contributed by atoms with Crippen molar-refractivity contribution in [3.63, 3.8) is 0 Å². The Hall–Kier alpha value is -3.68. The van der Waals surface area contributed by atoms with Gasteiger partial charge in [0.1, 0.15) is 6.61 Å². The second-order valence-corrected chi connectivity index (χ2v) is 9.22. The van der Waals surface area contributed by atoms with E-state index in [1.54, 1.807) is 37.5 Å². The van der Waals surface area contributed by atoms with Crippen LogP contribution in [0.5, 0.6) is 11.5 Å². The number of benzene rings is 3. The second kappa shape index (κ2) is 9.90. The largest absolute Gasteiger partial charge is 0.493 e. The third-order valence-corrected chi connectivity index (χ3v) is 6.73. The lowest BCUT2D eigenvalue weighted by Crippen LogP contribution is -2.27. The Labute approximate surface area is 211 Å². The van der Waals surface area contributed by atoms with Crippen molar-refractivity contribution < 1.29 is 19.1 Å². The van der Waals surface area contributed by atoms with Crippen LogP contribution in [0.25, 0.3) is 17.0 Å². The van der Waals surface area contributed by atoms with Gasteiger partial charge in [-0.05, 0) is 54.2 Å². The summed E-state index contributed by atoms with van der Waals surface area (Å²) in [7, 11) is 1.61. The lowest BCUT2D eigenvalue weighted by Gasteiger charge is -2.12. The summed E-state index contributed by atoms with van der Waals surface area (Å²) in [6.07, 6.45) is 3.75. The van der Waals surface area contributed by atoms with E-state index in [1.165, 1.54) is 0 Å². The van der Waals surface area contributed by atoms with Gasteiger partial charge in [0.05, 0.1) is 24.2 Å². The maximum atomic E-state index is 13.1. The van der Waals surface area contributed by atoms with Gasteiger partial charge in [0.2, 0.25) is 0 Å². The van der Waals surface area contributed by atoms with Crippen LogP contribution in [0.4, 0.5) is 10.5 Å². The first kappa shape index (κ1) is 23.1. The van der Waals surface area contributed by atoms with E-state index in [0.717, 1.165) is 33.1 Å². The molecule has 0 unspecified atom stereocenters. The minimum Gasteiger partial charge on any atom is -0.493 e. The number of thioether (sulfide) groups is 1. The third-order valence-electron chi connectivity index (χ3n) is 5.62. The van der Waals surface area contributed by atoms with Gasteiger partial charge in [-0.25, -0.2) is 4.90 Å². The van der Waals surface area contributed by atoms with Crippen molar-refractivity contribution in [2.45, 2.75) is 6.54 Å². The molecule has 0 atom stereocenters. The molecule has 2 heterocycles. The number of carbonyl (C=O) groups excluding carboxylic acids is 2. The highest BCUT2D eigenvalue weighted by atomic mass is 35.5. The van der Waals surface area contributed by atoms with Crippen LogP contribution in [0.1, 0.15) is 5.56 Å². The Balaban J connectivity index is 1.40. The van der Waals surface area contributed by atoms with E-state index in [2.05, 4.69) is 4.57 Å². The number of rotatable bonds is 7. The van der Waals surface area contributed by atoms with Crippen molar-refractivity contribution in [2.24, 2.45) is 0 Å². The number of nitrogens with zero attached hydrogens (tertiary/aromatic N) is 2. The highest BCUT2D eigenvalue weighted by Gasteiger charge is 2.36. The van der Waals surface area contributed by atoms with E-state index in [-0.39, 0.29) is 11.1 Å². The molecule has 8 heteroatoms. The minimum atomic E-state index is -0.362. The molecule has 1 aliphatic heterocycles. The monoisotopic (exact) mass is 504 g/mol. The number of anilines is 1. The van der Waals surface area contributed by atoms with Crippen LogP contribution < -0.4 is 14.4 Å². The zero-order valence-corrected chi connectivity index (χ0v) is 20.4. The molecule has 0 N–H and O–H groups in total. The smallest absolute Gasteiger partial charge is 0.298 e. The zero-order valence-electron chi connectivity index (χ0n) is 18.8. The first-order valence-electron chi connectivity index (χ1n) is 10.9. The van der Waals surface area contributed by atoms with E-state index in [1.807, 2.05) is 54.7 Å². The zero-order chi connectivity index (χ0) is 24.4. The molecule has 35 heavy (non-hydrogen) atoms. The van der Waals surface area contributed by atoms with E-state index in [9.17, 15) is 9.59 Å². The van der Waals surface area contributed by atoms with Crippen molar-refractivity contribution >= 4 is 57.2 Å². The number of aromatic nitrogens is 1. The average Bonchev–Trinajstić information content (AvgIpc) is 3.35. The van der Waals surface area contributed by atoms with Crippen molar-refractivity contribution in [3.8, 4) is 11.5 Å². The molecule has 2 amide bonds. The van der Waals surface area contributed by atoms with Gasteiger partial charge in [-0.15, -0.1) is 0 Å². The Morgan fingerprint density at radius 2 is 1.74 bits per heavy atom. The molecule has 1 aromatic heterocycles. The van der Waals surface area contributed by atoms with Crippen molar-refractivity contribution in [2.75, 3.05) is 18.6 Å². The quantitative estimate of drug-likeness (QED) is 0.264. The molecular formula is C27H21ClN2O4S. The van der Waals surface area contributed by atoms with Crippen LogP contribution in [0.15, 0.2) is 83.9 Å². The maximum absolute atomic E-state index is 13.1. The third kappa shape index (κ3) is 4.65. The lowest BCUT2D eigenvalue weighted by atomic mass is 10.1. The molecule has 1 fully saturated rings. The van der Waals surface area contributed by atoms with Crippen LogP contribution in [0.2, 0.25) is 5.02 Å². The summed E-state index contributed by atoms with van der Waals surface area (Å²) in [5.41, 5.74) is 2.32. The number of methoxy groups -OCH3 is 1. The maximum Gasteiger partial charge on any atom is 0.298 e. The molecule has 5 rings (SSSR count). The van der Waals surface area contributed by atoms with Gasteiger partial charge in [-0.1, -0.05) is 48.0 Å². The van der Waals surface area contributed by atoms with Crippen molar-refractivity contribution in [1.29, 1.82) is 0 Å². The number of hydrogen-bond acceptors (Lipinski definition) is 5. The Morgan fingerprint density at radius 3 is 2.54 bits per heavy atom. The van der Waals surface area contributed by atoms with Gasteiger partial charge in [0.15, 0.2) is 11.5 Å². The number of carbonyl (C=O) groups is 2. The Morgan fingerprint density at radius 1 is 0.971 bits per heavy atom. The second-order valence-electron chi connectivity index (χ2n) is 7.79. The fourth-order valence-corrected chi connectivity index (χ4v) is 5.03. The molecule has 1 saturated heterocycles. The SMILES string of the molecule is COc1ccccc1OCCn1cc(/C=C2\SC(=O)N(c3cccc(Cl)c3)C2=O)c2ccccc21. The molecule has 1 aliphatic rings. The summed E-state index contributed by atoms with van der Waals surface area (Å²) < 4.78 is 13.4. The van der Waals surface area contributed by atoms with Crippen LogP contribution >= 0.6 is 23.4 Å². The summed E-state index contributed by atoms with van der Waals surface area (Å²) in [6, 6.07) is 22.2. The van der Waals surface area contributed by atoms with E-state index < -0.39 is 0 Å². The predicted octanol–water partition coefficient (Wildman–Crippen LogP) is 6.62. The lowest BCUT2D eigenvalue weighted by molar-refractivity contribution is -0.113. The number of hydrogen-bond donors (Lipinski definition) is 0. The van der Waals surface area contributed by atoms with Crippen molar-refractivity contribution in [3.05, 3.63) is 94.5 Å². The molecule has 4 aromatic rings. The van der Waals surface area contributed by atoms with Gasteiger partial charge < -0.3 is 14.0 Å². The number of halogens is 1. The van der Waals surface area contributed by atoms with Gasteiger partial charge in [-0.3, -0.25) is 9.59 Å². The Kier molecular flexibility index (Phi) is 6.53. The molecule has 0 radical (unpaired) electrons. The summed E-state index contributed by atoms with van der Waals surface area (Å²) >= 11 is 6.98. The van der Waals surface area contributed by atoms with Gasteiger partial charge in [0.25, 0.3) is 11.1 Å². The summed E-state index contributed by atoms with van der Waals surface area (Å²) in [6.45, 7) is 1.03. The normalized spacial score (nSPS) is 14.8. The molecule has 176 valence electrons. The van der Waals surface area contributed by atoms with Crippen LogP contribution in [-0.2, 0) is 11.3 Å². The fourth-order valence-electron chi connectivity index (χ4n) is 4.01. The van der Waals surface area contributed by atoms with E-state index >= 15 is 0 Å². The molecule has 0 bridgehead atoms. The highest BCUT2D eigenvalue weighted by molar-refractivity contribution is 8.19. The molecule has 0 aliphatic carbocycles. The summed E-state index contributed by atoms with van der Waals surface area (Å²) in [5.74, 6) is 1.00. The van der Waals surface area contributed by atoms with E-state index in [0.29, 0.717) is 40.3 Å². The number of para-hydroxylation sites is 3. The van der Waals surface area contributed by atoms with Crippen LogP contribution in [0, 0.1) is 0 Å². The highest BCUT2D eigenvalue weighted by Crippen LogP contribution is 2.37. The average molecular weight is 505 g/mol. The Bertz CT molecular complexity index is 1460. The summed E-state index contributed by atoms with van der Waals surface area (Å²) in [5, 5.41) is 1.10. The number of ether oxygens (including phenoxy) is 2. The van der Waals surface area contributed by atoms with Gasteiger partial charge in [-0.2, -0.15) is 0 Å². The van der Waals surface area contributed by atoms with Gasteiger partial charge >= 0.3 is 0 Å². The number of imide groups is 1. The fraction of sp³-hybridized carbons (Fsp3) is 0.111. The van der Waals surface area contributed by atoms with Crippen LogP contribution in [0.3, 0.4) is 0 Å². The summed E-state index contributed by atoms with van der Waals surface area (Å²) in [4.78, 5) is 27.3. The number of amides is 2.